The molecule has 5 heteroatoms. The predicted molar refractivity (Wildman–Crippen MR) is 121 cm³/mol. The summed E-state index contributed by atoms with van der Waals surface area (Å²) in [6, 6.07) is 22.5. The molecule has 4 rings (SSSR count). The summed E-state index contributed by atoms with van der Waals surface area (Å²) in [5.74, 6) is 0.537. The summed E-state index contributed by atoms with van der Waals surface area (Å²) in [5, 5.41) is 2.94. The molecule has 1 amide bonds. The van der Waals surface area contributed by atoms with E-state index in [2.05, 4.69) is 34.5 Å². The Balaban J connectivity index is 1.38. The first-order chi connectivity index (χ1) is 15.2. The number of hydrogen-bond donors (Lipinski definition) is 1. The zero-order chi connectivity index (χ0) is 21.5. The van der Waals surface area contributed by atoms with Gasteiger partial charge in [0.15, 0.2) is 0 Å². The lowest BCUT2D eigenvalue weighted by atomic mass is 10.1. The number of nitrogens with zero attached hydrogens (tertiary/aromatic N) is 1. The minimum Gasteiger partial charge on any atom is -0.489 e. The zero-order valence-electron chi connectivity index (χ0n) is 17.5. The van der Waals surface area contributed by atoms with Crippen molar-refractivity contribution in [3.63, 3.8) is 0 Å². The lowest BCUT2D eigenvalue weighted by molar-refractivity contribution is -0.119. The van der Waals surface area contributed by atoms with E-state index in [-0.39, 0.29) is 11.7 Å². The highest BCUT2D eigenvalue weighted by Crippen LogP contribution is 2.30. The van der Waals surface area contributed by atoms with Crippen LogP contribution < -0.4 is 15.0 Å². The van der Waals surface area contributed by atoms with Gasteiger partial charge in [-0.05, 0) is 66.3 Å². The van der Waals surface area contributed by atoms with Crippen LogP contribution in [0.1, 0.15) is 29.5 Å². The van der Waals surface area contributed by atoms with E-state index in [1.807, 2.05) is 24.3 Å². The molecule has 0 atom stereocenters. The average Bonchev–Trinajstić information content (AvgIpc) is 3.00. The van der Waals surface area contributed by atoms with E-state index in [0.29, 0.717) is 19.7 Å². The van der Waals surface area contributed by atoms with E-state index in [0.717, 1.165) is 48.4 Å². The van der Waals surface area contributed by atoms with Gasteiger partial charge in [-0.3, -0.25) is 4.79 Å². The first-order valence-corrected chi connectivity index (χ1v) is 10.7. The Morgan fingerprint density at radius 2 is 1.77 bits per heavy atom. The minimum absolute atomic E-state index is 0.0402. The van der Waals surface area contributed by atoms with Crippen LogP contribution in [0.4, 0.5) is 10.1 Å². The van der Waals surface area contributed by atoms with Gasteiger partial charge < -0.3 is 15.0 Å². The first kappa shape index (κ1) is 20.9. The number of halogens is 1. The molecule has 0 aliphatic carbocycles. The SMILES string of the molecule is O=C(CN1CCCCc2cc(OCc3ccccc3)ccc21)NCc1ccc(F)cc1. The summed E-state index contributed by atoms with van der Waals surface area (Å²) >= 11 is 0. The highest BCUT2D eigenvalue weighted by Gasteiger charge is 2.18. The van der Waals surface area contributed by atoms with Gasteiger partial charge in [-0.25, -0.2) is 4.39 Å². The van der Waals surface area contributed by atoms with Gasteiger partial charge in [0.1, 0.15) is 18.2 Å². The fraction of sp³-hybridized carbons (Fsp3) is 0.269. The fourth-order valence-electron chi connectivity index (χ4n) is 3.84. The third-order valence-electron chi connectivity index (χ3n) is 5.50. The van der Waals surface area contributed by atoms with E-state index in [4.69, 9.17) is 4.74 Å². The molecule has 1 heterocycles. The smallest absolute Gasteiger partial charge is 0.239 e. The van der Waals surface area contributed by atoms with E-state index < -0.39 is 0 Å². The second kappa shape index (κ2) is 10.1. The largest absolute Gasteiger partial charge is 0.489 e. The standard InChI is InChI=1S/C26H27FN2O2/c27-23-11-9-20(10-12-23)17-28-26(30)18-29-15-5-4-8-22-16-24(13-14-25(22)29)31-19-21-6-2-1-3-7-21/h1-3,6-7,9-14,16H,4-5,8,15,17-19H2,(H,28,30). The highest BCUT2D eigenvalue weighted by molar-refractivity contribution is 5.81. The van der Waals surface area contributed by atoms with Crippen LogP contribution in [0.3, 0.4) is 0 Å². The molecule has 0 unspecified atom stereocenters. The van der Waals surface area contributed by atoms with Crippen LogP contribution in [0.5, 0.6) is 5.75 Å². The number of anilines is 1. The summed E-state index contributed by atoms with van der Waals surface area (Å²) in [5.41, 5.74) is 4.33. The van der Waals surface area contributed by atoms with Gasteiger partial charge in [0, 0.05) is 18.8 Å². The number of hydrogen-bond acceptors (Lipinski definition) is 3. The summed E-state index contributed by atoms with van der Waals surface area (Å²) < 4.78 is 19.0. The van der Waals surface area contributed by atoms with Crippen LogP contribution in [0.25, 0.3) is 0 Å². The predicted octanol–water partition coefficient (Wildman–Crippen LogP) is 4.86. The molecule has 3 aromatic rings. The molecule has 0 fully saturated rings. The molecular weight excluding hydrogens is 391 g/mol. The maximum absolute atomic E-state index is 13.0. The average molecular weight is 419 g/mol. The molecule has 3 aromatic carbocycles. The summed E-state index contributed by atoms with van der Waals surface area (Å²) in [6.07, 6.45) is 3.11. The summed E-state index contributed by atoms with van der Waals surface area (Å²) in [6.45, 7) is 2.08. The lowest BCUT2D eigenvalue weighted by Crippen LogP contribution is -2.37. The number of amides is 1. The van der Waals surface area contributed by atoms with Crippen molar-refractivity contribution in [1.82, 2.24) is 5.32 Å². The molecule has 0 radical (unpaired) electrons. The number of ether oxygens (including phenoxy) is 1. The van der Waals surface area contributed by atoms with Gasteiger partial charge in [-0.1, -0.05) is 42.5 Å². The minimum atomic E-state index is -0.275. The molecule has 0 saturated carbocycles. The molecule has 31 heavy (non-hydrogen) atoms. The Bertz CT molecular complexity index is 1010. The second-order valence-electron chi connectivity index (χ2n) is 7.85. The quantitative estimate of drug-likeness (QED) is 0.596. The molecule has 1 N–H and O–H groups in total. The van der Waals surface area contributed by atoms with Gasteiger partial charge in [0.05, 0.1) is 6.54 Å². The molecule has 1 aliphatic rings. The Kier molecular flexibility index (Phi) is 6.82. The van der Waals surface area contributed by atoms with E-state index in [1.165, 1.54) is 17.7 Å². The molecule has 4 nitrogen and oxygen atoms in total. The number of rotatable bonds is 7. The first-order valence-electron chi connectivity index (χ1n) is 10.7. The maximum Gasteiger partial charge on any atom is 0.239 e. The van der Waals surface area contributed by atoms with Crippen molar-refractivity contribution in [2.75, 3.05) is 18.0 Å². The lowest BCUT2D eigenvalue weighted by Gasteiger charge is -2.24. The molecule has 0 aromatic heterocycles. The number of aryl methyl sites for hydroxylation is 1. The Labute approximate surface area is 182 Å². The third kappa shape index (κ3) is 5.85. The van der Waals surface area contributed by atoms with Crippen LogP contribution >= 0.6 is 0 Å². The number of carbonyl (C=O) groups is 1. The number of benzene rings is 3. The highest BCUT2D eigenvalue weighted by atomic mass is 19.1. The van der Waals surface area contributed by atoms with Crippen LogP contribution in [0.2, 0.25) is 0 Å². The third-order valence-corrected chi connectivity index (χ3v) is 5.50. The Hall–Kier alpha value is -3.34. The monoisotopic (exact) mass is 418 g/mol. The van der Waals surface area contributed by atoms with E-state index in [9.17, 15) is 9.18 Å². The second-order valence-corrected chi connectivity index (χ2v) is 7.85. The molecule has 0 bridgehead atoms. The number of nitrogens with one attached hydrogen (secondary N) is 1. The van der Waals surface area contributed by atoms with Crippen molar-refractivity contribution in [2.24, 2.45) is 0 Å². The van der Waals surface area contributed by atoms with Crippen molar-refractivity contribution in [1.29, 1.82) is 0 Å². The van der Waals surface area contributed by atoms with E-state index >= 15 is 0 Å². The zero-order valence-corrected chi connectivity index (χ0v) is 17.5. The molecule has 160 valence electrons. The van der Waals surface area contributed by atoms with Gasteiger partial charge in [-0.2, -0.15) is 0 Å². The van der Waals surface area contributed by atoms with Gasteiger partial charge in [0.25, 0.3) is 0 Å². The molecular formula is C26H27FN2O2. The number of fused-ring (bicyclic) bond motifs is 1. The van der Waals surface area contributed by atoms with Crippen molar-refractivity contribution in [3.8, 4) is 5.75 Å². The van der Waals surface area contributed by atoms with Gasteiger partial charge >= 0.3 is 0 Å². The molecule has 0 spiro atoms. The topological polar surface area (TPSA) is 41.6 Å². The molecule has 1 aliphatic heterocycles. The van der Waals surface area contributed by atoms with Gasteiger partial charge in [0.2, 0.25) is 5.91 Å². The van der Waals surface area contributed by atoms with Crippen LogP contribution in [0, 0.1) is 5.82 Å². The van der Waals surface area contributed by atoms with Crippen molar-refractivity contribution < 1.29 is 13.9 Å². The molecule has 0 saturated heterocycles. The fourth-order valence-corrected chi connectivity index (χ4v) is 3.84. The van der Waals surface area contributed by atoms with Crippen molar-refractivity contribution in [3.05, 3.63) is 95.3 Å². The van der Waals surface area contributed by atoms with Crippen LogP contribution in [0.15, 0.2) is 72.8 Å². The normalized spacial score (nSPS) is 13.3. The Morgan fingerprint density at radius 3 is 2.58 bits per heavy atom. The summed E-state index contributed by atoms with van der Waals surface area (Å²) in [7, 11) is 0. The van der Waals surface area contributed by atoms with Crippen molar-refractivity contribution >= 4 is 11.6 Å². The number of carbonyl (C=O) groups excluding carboxylic acids is 1. The van der Waals surface area contributed by atoms with E-state index in [1.54, 1.807) is 12.1 Å². The van der Waals surface area contributed by atoms with Crippen molar-refractivity contribution in [2.45, 2.75) is 32.4 Å². The van der Waals surface area contributed by atoms with Crippen LogP contribution in [-0.2, 0) is 24.4 Å². The van der Waals surface area contributed by atoms with Crippen LogP contribution in [-0.4, -0.2) is 19.0 Å². The summed E-state index contributed by atoms with van der Waals surface area (Å²) in [4.78, 5) is 14.7. The maximum atomic E-state index is 13.0. The van der Waals surface area contributed by atoms with Gasteiger partial charge in [-0.15, -0.1) is 0 Å². The Morgan fingerprint density at radius 1 is 0.968 bits per heavy atom.